The molecule has 2 rings (SSSR count). The first-order chi connectivity index (χ1) is 16.8. The van der Waals surface area contributed by atoms with Crippen LogP contribution in [0, 0.1) is 0 Å². The van der Waals surface area contributed by atoms with Crippen molar-refractivity contribution in [3.63, 3.8) is 0 Å². The summed E-state index contributed by atoms with van der Waals surface area (Å²) in [5.41, 5.74) is 0.245. The molecule has 2 atom stereocenters. The molecule has 0 saturated carbocycles. The lowest BCUT2D eigenvalue weighted by atomic mass is 10.1. The Labute approximate surface area is 206 Å². The van der Waals surface area contributed by atoms with Crippen molar-refractivity contribution in [2.75, 3.05) is 53.0 Å². The van der Waals surface area contributed by atoms with Gasteiger partial charge in [0.2, 0.25) is 17.7 Å². The van der Waals surface area contributed by atoms with E-state index in [2.05, 4.69) is 20.9 Å². The summed E-state index contributed by atoms with van der Waals surface area (Å²) < 4.78 is 5.74. The molecule has 0 aromatic heterocycles. The zero-order valence-corrected chi connectivity index (χ0v) is 20.7. The fourth-order valence-corrected chi connectivity index (χ4v) is 3.68. The molecule has 11 nitrogen and oxygen atoms in total. The number of nitrogens with one attached hydrogen (secondary N) is 3. The van der Waals surface area contributed by atoms with Crippen LogP contribution >= 0.6 is 0 Å². The van der Waals surface area contributed by atoms with Gasteiger partial charge in [-0.05, 0) is 31.6 Å². The van der Waals surface area contributed by atoms with Gasteiger partial charge in [0.05, 0.1) is 18.7 Å². The van der Waals surface area contributed by atoms with E-state index in [0.29, 0.717) is 18.8 Å². The van der Waals surface area contributed by atoms with Gasteiger partial charge in [-0.25, -0.2) is 0 Å². The molecular weight excluding hydrogens is 454 g/mol. The van der Waals surface area contributed by atoms with E-state index in [-0.39, 0.29) is 31.6 Å². The molecule has 1 aliphatic heterocycles. The maximum atomic E-state index is 13.1. The number of ether oxygens (including phenoxy) is 1. The minimum Gasteiger partial charge on any atom is -0.491 e. The summed E-state index contributed by atoms with van der Waals surface area (Å²) >= 11 is 0. The van der Waals surface area contributed by atoms with Crippen molar-refractivity contribution in [3.8, 4) is 5.75 Å². The monoisotopic (exact) mass is 491 g/mol. The second kappa shape index (κ2) is 14.3. The Bertz CT molecular complexity index is 876. The van der Waals surface area contributed by atoms with Crippen molar-refractivity contribution in [3.05, 3.63) is 29.8 Å². The number of benzene rings is 1. The average molecular weight is 492 g/mol. The van der Waals surface area contributed by atoms with Crippen LogP contribution in [0.1, 0.15) is 37.0 Å². The number of carbonyl (C=O) groups is 4. The number of carbonyl (C=O) groups excluding carboxylic acids is 4. The second-order valence-corrected chi connectivity index (χ2v) is 8.29. The molecular formula is C24H37N5O6. The van der Waals surface area contributed by atoms with E-state index in [1.807, 2.05) is 13.8 Å². The maximum Gasteiger partial charge on any atom is 0.255 e. The largest absolute Gasteiger partial charge is 0.491 e. The third-order valence-electron chi connectivity index (χ3n) is 5.91. The van der Waals surface area contributed by atoms with Crippen molar-refractivity contribution in [2.24, 2.45) is 0 Å². The van der Waals surface area contributed by atoms with Crippen LogP contribution in [-0.4, -0.2) is 104 Å². The number of para-hydroxylation sites is 1. The number of fused-ring (bicyclic) bond motifs is 1. The molecule has 4 amide bonds. The highest BCUT2D eigenvalue weighted by Gasteiger charge is 2.27. The van der Waals surface area contributed by atoms with Gasteiger partial charge < -0.3 is 35.6 Å². The first-order valence-electron chi connectivity index (χ1n) is 12.0. The highest BCUT2D eigenvalue weighted by Crippen LogP contribution is 2.18. The van der Waals surface area contributed by atoms with E-state index >= 15 is 0 Å². The molecule has 35 heavy (non-hydrogen) atoms. The predicted molar refractivity (Wildman–Crippen MR) is 130 cm³/mol. The number of hydrogen-bond donors (Lipinski definition) is 4. The summed E-state index contributed by atoms with van der Waals surface area (Å²) in [7, 11) is 1.54. The number of amides is 4. The van der Waals surface area contributed by atoms with Gasteiger partial charge in [-0.3, -0.25) is 19.2 Å². The molecule has 194 valence electrons. The smallest absolute Gasteiger partial charge is 0.255 e. The minimum atomic E-state index is -1.11. The Kier molecular flexibility index (Phi) is 11.4. The van der Waals surface area contributed by atoms with Gasteiger partial charge in [0.1, 0.15) is 24.4 Å². The molecule has 1 heterocycles. The highest BCUT2D eigenvalue weighted by atomic mass is 16.5. The molecule has 0 aliphatic carbocycles. The molecule has 4 N–H and O–H groups in total. The predicted octanol–water partition coefficient (Wildman–Crippen LogP) is -0.649. The Morgan fingerprint density at radius 3 is 2.60 bits per heavy atom. The van der Waals surface area contributed by atoms with Gasteiger partial charge in [0, 0.05) is 26.6 Å². The first kappa shape index (κ1) is 28.1. The quantitative estimate of drug-likeness (QED) is 0.397. The minimum absolute atomic E-state index is 0.0138. The van der Waals surface area contributed by atoms with E-state index in [9.17, 15) is 24.3 Å². The molecule has 0 bridgehead atoms. The van der Waals surface area contributed by atoms with Crippen LogP contribution in [-0.2, 0) is 14.4 Å². The lowest BCUT2D eigenvalue weighted by Crippen LogP contribution is -2.51. The third-order valence-corrected chi connectivity index (χ3v) is 5.91. The fourth-order valence-electron chi connectivity index (χ4n) is 3.68. The molecule has 1 aromatic carbocycles. The third kappa shape index (κ3) is 8.52. The lowest BCUT2D eigenvalue weighted by molar-refractivity contribution is -0.137. The summed E-state index contributed by atoms with van der Waals surface area (Å²) in [4.78, 5) is 54.6. The van der Waals surface area contributed by atoms with E-state index in [1.165, 1.54) is 11.9 Å². The van der Waals surface area contributed by atoms with Gasteiger partial charge in [-0.2, -0.15) is 0 Å². The van der Waals surface area contributed by atoms with Crippen molar-refractivity contribution in [2.45, 2.75) is 38.8 Å². The molecule has 0 fully saturated rings. The number of rotatable bonds is 7. The average Bonchev–Trinajstić information content (AvgIpc) is 2.86. The highest BCUT2D eigenvalue weighted by molar-refractivity contribution is 5.99. The van der Waals surface area contributed by atoms with Gasteiger partial charge >= 0.3 is 0 Å². The van der Waals surface area contributed by atoms with Crippen LogP contribution in [0.25, 0.3) is 0 Å². The second-order valence-electron chi connectivity index (χ2n) is 8.29. The van der Waals surface area contributed by atoms with Gasteiger partial charge in [0.25, 0.3) is 5.91 Å². The molecule has 0 radical (unpaired) electrons. The van der Waals surface area contributed by atoms with Crippen LogP contribution in [0.15, 0.2) is 24.3 Å². The van der Waals surface area contributed by atoms with Crippen molar-refractivity contribution >= 4 is 23.6 Å². The fraction of sp³-hybridized carbons (Fsp3) is 0.583. The van der Waals surface area contributed by atoms with Crippen molar-refractivity contribution in [1.29, 1.82) is 0 Å². The van der Waals surface area contributed by atoms with Gasteiger partial charge in [-0.1, -0.05) is 26.0 Å². The Morgan fingerprint density at radius 1 is 1.20 bits per heavy atom. The topological polar surface area (TPSA) is 140 Å². The number of nitrogens with zero attached hydrogens (tertiary/aromatic N) is 2. The number of likely N-dealkylation sites (N-methyl/N-ethyl adjacent to an activating group) is 2. The zero-order valence-electron chi connectivity index (χ0n) is 20.7. The maximum absolute atomic E-state index is 13.1. The van der Waals surface area contributed by atoms with E-state index in [4.69, 9.17) is 4.74 Å². The molecule has 0 unspecified atom stereocenters. The summed E-state index contributed by atoms with van der Waals surface area (Å²) in [5, 5.41) is 17.7. The standard InChI is InChI=1S/C24H37N5O6/c1-4-29(5-2)13-12-25-23(33)18-10-11-21(31)26-19(16-30)24(34)28(3)14-15-35-20-9-7-6-8-17(20)22(32)27-18/h6-9,18-19,30H,4-5,10-16H2,1-3H3,(H,25,33)(H,26,31)(H,27,32)/t18-,19-/m0/s1. The van der Waals surface area contributed by atoms with Gasteiger partial charge in [0.15, 0.2) is 0 Å². The summed E-state index contributed by atoms with van der Waals surface area (Å²) in [6.45, 7) is 6.53. The molecule has 1 aliphatic rings. The summed E-state index contributed by atoms with van der Waals surface area (Å²) in [5.74, 6) is -1.57. The Hall–Kier alpha value is -3.18. The van der Waals surface area contributed by atoms with Crippen molar-refractivity contribution in [1.82, 2.24) is 25.8 Å². The SMILES string of the molecule is CCN(CC)CCNC(=O)[C@@H]1CCC(=O)N[C@@H](CO)C(=O)N(C)CCOc2ccccc2C(=O)N1. The van der Waals surface area contributed by atoms with Crippen LogP contribution in [0.2, 0.25) is 0 Å². The molecule has 11 heteroatoms. The van der Waals surface area contributed by atoms with Crippen LogP contribution in [0.3, 0.4) is 0 Å². The zero-order chi connectivity index (χ0) is 25.8. The molecule has 1 aromatic rings. The normalized spacial score (nSPS) is 20.1. The summed E-state index contributed by atoms with van der Waals surface area (Å²) in [6.07, 6.45) is -0.111. The molecule has 0 spiro atoms. The van der Waals surface area contributed by atoms with Crippen LogP contribution in [0.5, 0.6) is 5.75 Å². The first-order valence-corrected chi connectivity index (χ1v) is 12.0. The van der Waals surface area contributed by atoms with Crippen LogP contribution < -0.4 is 20.7 Å². The van der Waals surface area contributed by atoms with Crippen LogP contribution in [0.4, 0.5) is 0 Å². The van der Waals surface area contributed by atoms with Gasteiger partial charge in [-0.15, -0.1) is 0 Å². The summed E-state index contributed by atoms with van der Waals surface area (Å²) in [6, 6.07) is 4.54. The number of aliphatic hydroxyl groups is 1. The Morgan fingerprint density at radius 2 is 1.91 bits per heavy atom. The van der Waals surface area contributed by atoms with E-state index in [0.717, 1.165) is 13.1 Å². The van der Waals surface area contributed by atoms with E-state index < -0.39 is 42.3 Å². The Balaban J connectivity index is 2.23. The lowest BCUT2D eigenvalue weighted by Gasteiger charge is -2.23. The van der Waals surface area contributed by atoms with Crippen molar-refractivity contribution < 1.29 is 29.0 Å². The molecule has 0 saturated heterocycles. The number of hydrogen-bond acceptors (Lipinski definition) is 7. The van der Waals surface area contributed by atoms with E-state index in [1.54, 1.807) is 24.3 Å². The number of aliphatic hydroxyl groups excluding tert-OH is 1.